The third-order valence-corrected chi connectivity index (χ3v) is 3.31. The van der Waals surface area contributed by atoms with Crippen LogP contribution in [0.2, 0.25) is 0 Å². The van der Waals surface area contributed by atoms with Gasteiger partial charge in [-0.3, -0.25) is 5.32 Å². The Hall–Kier alpha value is -2.70. The van der Waals surface area contributed by atoms with Crippen LogP contribution in [0.1, 0.15) is 32.2 Å². The van der Waals surface area contributed by atoms with E-state index >= 15 is 0 Å². The molecule has 0 fully saturated rings. The average Bonchev–Trinajstić information content (AvgIpc) is 2.78. The van der Waals surface area contributed by atoms with Crippen molar-refractivity contribution in [2.45, 2.75) is 40.2 Å². The molecule has 2 aromatic rings. The van der Waals surface area contributed by atoms with E-state index in [1.54, 1.807) is 40.0 Å². The van der Waals surface area contributed by atoms with Gasteiger partial charge in [-0.05, 0) is 40.7 Å². The number of nitrogens with two attached hydrogens (primary N) is 1. The Labute approximate surface area is 141 Å². The summed E-state index contributed by atoms with van der Waals surface area (Å²) < 4.78 is 15.9. The SMILES string of the molecule is COc1cc(N)c(NC(=O)OC(C)(C)C)cc1-c1c(C)noc1C. The molecule has 0 spiro atoms. The molecule has 2 rings (SSSR count). The van der Waals surface area contributed by atoms with E-state index in [-0.39, 0.29) is 0 Å². The van der Waals surface area contributed by atoms with Crippen molar-refractivity contribution in [3.8, 4) is 16.9 Å². The fourth-order valence-corrected chi connectivity index (χ4v) is 2.35. The highest BCUT2D eigenvalue weighted by Crippen LogP contribution is 2.39. The fourth-order valence-electron chi connectivity index (χ4n) is 2.35. The van der Waals surface area contributed by atoms with Crippen LogP contribution >= 0.6 is 0 Å². The Morgan fingerprint density at radius 1 is 1.29 bits per heavy atom. The van der Waals surface area contributed by atoms with Gasteiger partial charge in [0, 0.05) is 11.6 Å². The molecule has 1 aromatic heterocycles. The van der Waals surface area contributed by atoms with Crippen molar-refractivity contribution < 1.29 is 18.8 Å². The van der Waals surface area contributed by atoms with E-state index in [0.29, 0.717) is 22.9 Å². The van der Waals surface area contributed by atoms with Crippen LogP contribution in [0.15, 0.2) is 16.7 Å². The molecule has 0 atom stereocenters. The van der Waals surface area contributed by atoms with Gasteiger partial charge in [-0.1, -0.05) is 5.16 Å². The van der Waals surface area contributed by atoms with Crippen molar-refractivity contribution in [1.82, 2.24) is 5.16 Å². The van der Waals surface area contributed by atoms with E-state index in [4.69, 9.17) is 19.7 Å². The van der Waals surface area contributed by atoms with Gasteiger partial charge in [0.1, 0.15) is 17.1 Å². The molecule has 0 saturated heterocycles. The van der Waals surface area contributed by atoms with E-state index in [1.165, 1.54) is 0 Å². The third-order valence-electron chi connectivity index (χ3n) is 3.31. The number of nitrogen functional groups attached to an aromatic ring is 1. The van der Waals surface area contributed by atoms with Crippen molar-refractivity contribution in [3.05, 3.63) is 23.6 Å². The lowest BCUT2D eigenvalue weighted by molar-refractivity contribution is 0.0636. The first-order valence-electron chi connectivity index (χ1n) is 7.53. The molecule has 7 nitrogen and oxygen atoms in total. The summed E-state index contributed by atoms with van der Waals surface area (Å²) in [5.74, 6) is 1.22. The van der Waals surface area contributed by atoms with Crippen LogP contribution in [0.25, 0.3) is 11.1 Å². The molecule has 130 valence electrons. The highest BCUT2D eigenvalue weighted by Gasteiger charge is 2.21. The van der Waals surface area contributed by atoms with Crippen LogP contribution < -0.4 is 15.8 Å². The molecule has 1 aromatic carbocycles. The summed E-state index contributed by atoms with van der Waals surface area (Å²) in [6.45, 7) is 9.02. The zero-order chi connectivity index (χ0) is 18.1. The maximum absolute atomic E-state index is 12.0. The molecule has 0 unspecified atom stereocenters. The van der Waals surface area contributed by atoms with Crippen LogP contribution in [0.3, 0.4) is 0 Å². The minimum atomic E-state index is -0.601. The van der Waals surface area contributed by atoms with Crippen molar-refractivity contribution in [3.63, 3.8) is 0 Å². The van der Waals surface area contributed by atoms with E-state index in [9.17, 15) is 4.79 Å². The second-order valence-electron chi connectivity index (χ2n) is 6.47. The highest BCUT2D eigenvalue weighted by atomic mass is 16.6. The van der Waals surface area contributed by atoms with E-state index < -0.39 is 11.7 Å². The maximum Gasteiger partial charge on any atom is 0.412 e. The number of aromatic nitrogens is 1. The standard InChI is InChI=1S/C17H23N3O4/c1-9-15(10(2)24-20-9)11-7-13(12(18)8-14(11)22-6)19-16(21)23-17(3,4)5/h7-8H,18H2,1-6H3,(H,19,21). The number of anilines is 2. The predicted octanol–water partition coefficient (Wildman–Crippen LogP) is 3.90. The summed E-state index contributed by atoms with van der Waals surface area (Å²) in [5, 5.41) is 6.62. The van der Waals surface area contributed by atoms with Crippen molar-refractivity contribution in [2.75, 3.05) is 18.2 Å². The summed E-state index contributed by atoms with van der Waals surface area (Å²) in [7, 11) is 1.55. The van der Waals surface area contributed by atoms with Crippen molar-refractivity contribution >= 4 is 17.5 Å². The maximum atomic E-state index is 12.0. The lowest BCUT2D eigenvalue weighted by Crippen LogP contribution is -2.27. The number of ether oxygens (including phenoxy) is 2. The smallest absolute Gasteiger partial charge is 0.412 e. The quantitative estimate of drug-likeness (QED) is 0.826. The normalized spacial score (nSPS) is 11.2. The van der Waals surface area contributed by atoms with Gasteiger partial charge in [0.15, 0.2) is 0 Å². The van der Waals surface area contributed by atoms with Crippen molar-refractivity contribution in [1.29, 1.82) is 0 Å². The molecule has 0 aliphatic carbocycles. The molecular weight excluding hydrogens is 310 g/mol. The van der Waals surface area contributed by atoms with Crippen LogP contribution in [0.5, 0.6) is 5.75 Å². The number of methoxy groups -OCH3 is 1. The Balaban J connectivity index is 2.45. The summed E-state index contributed by atoms with van der Waals surface area (Å²) in [6, 6.07) is 3.37. The molecule has 3 N–H and O–H groups in total. The number of hydrogen-bond acceptors (Lipinski definition) is 6. The summed E-state index contributed by atoms with van der Waals surface area (Å²) in [4.78, 5) is 12.0. The third kappa shape index (κ3) is 3.79. The first kappa shape index (κ1) is 17.7. The molecule has 1 amide bonds. The second kappa shape index (κ2) is 6.43. The van der Waals surface area contributed by atoms with Gasteiger partial charge < -0.3 is 19.7 Å². The minimum Gasteiger partial charge on any atom is -0.496 e. The Bertz CT molecular complexity index is 740. The second-order valence-corrected chi connectivity index (χ2v) is 6.47. The van der Waals surface area contributed by atoms with E-state index in [1.807, 2.05) is 13.8 Å². The number of amides is 1. The number of nitrogens with one attached hydrogen (secondary N) is 1. The first-order valence-corrected chi connectivity index (χ1v) is 7.53. The average molecular weight is 333 g/mol. The number of aryl methyl sites for hydroxylation is 2. The minimum absolute atomic E-state index is 0.369. The number of hydrogen-bond donors (Lipinski definition) is 2. The number of benzene rings is 1. The first-order chi connectivity index (χ1) is 11.1. The monoisotopic (exact) mass is 333 g/mol. The number of nitrogens with zero attached hydrogens (tertiary/aromatic N) is 1. The van der Waals surface area contributed by atoms with E-state index in [0.717, 1.165) is 16.8 Å². The molecule has 24 heavy (non-hydrogen) atoms. The highest BCUT2D eigenvalue weighted by molar-refractivity contribution is 5.92. The topological polar surface area (TPSA) is 99.6 Å². The zero-order valence-electron chi connectivity index (χ0n) is 14.8. The number of carbonyl (C=O) groups is 1. The zero-order valence-corrected chi connectivity index (χ0v) is 14.8. The van der Waals surface area contributed by atoms with Gasteiger partial charge in [0.05, 0.1) is 29.7 Å². The molecule has 0 aliphatic rings. The largest absolute Gasteiger partial charge is 0.496 e. The lowest BCUT2D eigenvalue weighted by atomic mass is 10.0. The van der Waals surface area contributed by atoms with Crippen LogP contribution in [0, 0.1) is 13.8 Å². The molecule has 1 heterocycles. The summed E-state index contributed by atoms with van der Waals surface area (Å²) >= 11 is 0. The predicted molar refractivity (Wildman–Crippen MR) is 92.2 cm³/mol. The molecule has 0 radical (unpaired) electrons. The molecule has 0 aliphatic heterocycles. The number of rotatable bonds is 3. The Morgan fingerprint density at radius 2 is 1.96 bits per heavy atom. The van der Waals surface area contributed by atoms with E-state index in [2.05, 4.69) is 10.5 Å². The van der Waals surface area contributed by atoms with Crippen molar-refractivity contribution in [2.24, 2.45) is 0 Å². The molecule has 0 bridgehead atoms. The van der Waals surface area contributed by atoms with Crippen LogP contribution in [-0.4, -0.2) is 24.0 Å². The van der Waals surface area contributed by atoms with Gasteiger partial charge in [-0.2, -0.15) is 0 Å². The molecule has 0 saturated carbocycles. The van der Waals surface area contributed by atoms with Crippen LogP contribution in [-0.2, 0) is 4.74 Å². The number of carbonyl (C=O) groups excluding carboxylic acids is 1. The summed E-state index contributed by atoms with van der Waals surface area (Å²) in [5.41, 5.74) is 8.47. The van der Waals surface area contributed by atoms with Gasteiger partial charge in [-0.15, -0.1) is 0 Å². The van der Waals surface area contributed by atoms with Gasteiger partial charge in [-0.25, -0.2) is 4.79 Å². The lowest BCUT2D eigenvalue weighted by Gasteiger charge is -2.20. The Morgan fingerprint density at radius 3 is 2.46 bits per heavy atom. The van der Waals surface area contributed by atoms with Gasteiger partial charge in [0.25, 0.3) is 0 Å². The van der Waals surface area contributed by atoms with Gasteiger partial charge >= 0.3 is 6.09 Å². The van der Waals surface area contributed by atoms with Gasteiger partial charge in [0.2, 0.25) is 0 Å². The summed E-state index contributed by atoms with van der Waals surface area (Å²) in [6.07, 6.45) is -0.580. The molecule has 7 heteroatoms. The van der Waals surface area contributed by atoms with Crippen LogP contribution in [0.4, 0.5) is 16.2 Å². The Kier molecular flexibility index (Phi) is 4.73. The molecular formula is C17H23N3O4. The fraction of sp³-hybridized carbons (Fsp3) is 0.412.